The molecular weight excluding hydrogens is 346 g/mol. The normalized spacial score (nSPS) is 12.5. The summed E-state index contributed by atoms with van der Waals surface area (Å²) in [5.41, 5.74) is 1.26. The van der Waals surface area contributed by atoms with Gasteiger partial charge in [0.15, 0.2) is 0 Å². The predicted molar refractivity (Wildman–Crippen MR) is 93.4 cm³/mol. The first-order valence-electron chi connectivity index (χ1n) is 6.72. The van der Waals surface area contributed by atoms with Crippen LogP contribution in [0.4, 0.5) is 0 Å². The first kappa shape index (κ1) is 14.6. The zero-order valence-electron chi connectivity index (χ0n) is 11.9. The lowest BCUT2D eigenvalue weighted by Crippen LogP contribution is -2.17. The number of hydrogen-bond donors (Lipinski definition) is 1. The summed E-state index contributed by atoms with van der Waals surface area (Å²) in [7, 11) is 3.71. The first-order valence-corrected chi connectivity index (χ1v) is 8.39. The highest BCUT2D eigenvalue weighted by Gasteiger charge is 2.19. The Balaban J connectivity index is 2.22. The van der Waals surface area contributed by atoms with Crippen LogP contribution in [0.25, 0.3) is 10.8 Å². The third-order valence-electron chi connectivity index (χ3n) is 3.64. The van der Waals surface area contributed by atoms with Crippen LogP contribution in [0.15, 0.2) is 52.3 Å². The maximum atomic E-state index is 5.48. The van der Waals surface area contributed by atoms with Crippen molar-refractivity contribution in [2.45, 2.75) is 6.04 Å². The number of methoxy groups -OCH3 is 1. The topological polar surface area (TPSA) is 21.3 Å². The quantitative estimate of drug-likeness (QED) is 0.707. The van der Waals surface area contributed by atoms with Crippen molar-refractivity contribution in [1.29, 1.82) is 0 Å². The first-order chi connectivity index (χ1) is 10.3. The summed E-state index contributed by atoms with van der Waals surface area (Å²) in [6.45, 7) is 0. The van der Waals surface area contributed by atoms with Crippen LogP contribution in [0.3, 0.4) is 0 Å². The molecule has 0 radical (unpaired) electrons. The van der Waals surface area contributed by atoms with Gasteiger partial charge in [-0.05, 0) is 51.4 Å². The van der Waals surface area contributed by atoms with Gasteiger partial charge in [-0.25, -0.2) is 0 Å². The minimum atomic E-state index is 0.162. The fraction of sp³-hybridized carbons (Fsp3) is 0.176. The van der Waals surface area contributed by atoms with E-state index in [1.165, 1.54) is 15.8 Å². The Labute approximate surface area is 136 Å². The van der Waals surface area contributed by atoms with Crippen LogP contribution in [0.2, 0.25) is 0 Å². The van der Waals surface area contributed by atoms with E-state index in [1.807, 2.05) is 19.2 Å². The van der Waals surface area contributed by atoms with E-state index in [0.717, 1.165) is 15.6 Å². The smallest absolute Gasteiger partial charge is 0.126 e. The van der Waals surface area contributed by atoms with Crippen LogP contribution in [-0.4, -0.2) is 14.2 Å². The van der Waals surface area contributed by atoms with Gasteiger partial charge in [-0.1, -0.05) is 30.3 Å². The van der Waals surface area contributed by atoms with Gasteiger partial charge in [0.25, 0.3) is 0 Å². The Hall–Kier alpha value is -1.36. The number of ether oxygens (including phenoxy) is 1. The molecule has 4 heteroatoms. The number of thiophene rings is 1. The molecule has 108 valence electrons. The molecule has 0 saturated carbocycles. The van der Waals surface area contributed by atoms with Crippen molar-refractivity contribution in [2.75, 3.05) is 14.2 Å². The summed E-state index contributed by atoms with van der Waals surface area (Å²) in [6, 6.07) is 14.8. The molecule has 21 heavy (non-hydrogen) atoms. The van der Waals surface area contributed by atoms with E-state index in [0.29, 0.717) is 0 Å². The maximum Gasteiger partial charge on any atom is 0.126 e. The molecule has 3 rings (SSSR count). The maximum absolute atomic E-state index is 5.48. The molecule has 2 aromatic carbocycles. The van der Waals surface area contributed by atoms with Crippen LogP contribution in [0, 0.1) is 0 Å². The van der Waals surface area contributed by atoms with Gasteiger partial charge in [-0.3, -0.25) is 0 Å². The minimum Gasteiger partial charge on any atom is -0.496 e. The summed E-state index contributed by atoms with van der Waals surface area (Å²) in [5.74, 6) is 0.912. The lowest BCUT2D eigenvalue weighted by atomic mass is 9.97. The third kappa shape index (κ3) is 2.59. The van der Waals surface area contributed by atoms with Crippen LogP contribution in [0.1, 0.15) is 16.5 Å². The highest BCUT2D eigenvalue weighted by Crippen LogP contribution is 2.38. The van der Waals surface area contributed by atoms with E-state index < -0.39 is 0 Å². The van der Waals surface area contributed by atoms with Crippen LogP contribution >= 0.6 is 27.3 Å². The van der Waals surface area contributed by atoms with Crippen molar-refractivity contribution in [1.82, 2.24) is 5.32 Å². The molecule has 1 atom stereocenters. The van der Waals surface area contributed by atoms with Gasteiger partial charge >= 0.3 is 0 Å². The van der Waals surface area contributed by atoms with Crippen LogP contribution in [-0.2, 0) is 0 Å². The Morgan fingerprint density at radius 1 is 1.10 bits per heavy atom. The molecule has 0 aliphatic heterocycles. The van der Waals surface area contributed by atoms with Crippen molar-refractivity contribution < 1.29 is 4.74 Å². The average molecular weight is 362 g/mol. The molecule has 0 saturated heterocycles. The Bertz CT molecular complexity index is 768. The van der Waals surface area contributed by atoms with E-state index in [9.17, 15) is 0 Å². The average Bonchev–Trinajstić information content (AvgIpc) is 2.94. The van der Waals surface area contributed by atoms with E-state index in [-0.39, 0.29) is 6.04 Å². The third-order valence-corrected chi connectivity index (χ3v) is 5.58. The number of hydrogen-bond acceptors (Lipinski definition) is 3. The van der Waals surface area contributed by atoms with E-state index in [2.05, 4.69) is 57.0 Å². The second-order valence-corrected chi connectivity index (χ2v) is 6.56. The summed E-state index contributed by atoms with van der Waals surface area (Å²) >= 11 is 5.40. The van der Waals surface area contributed by atoms with Crippen molar-refractivity contribution in [3.63, 3.8) is 0 Å². The Morgan fingerprint density at radius 3 is 2.48 bits per heavy atom. The lowest BCUT2D eigenvalue weighted by molar-refractivity contribution is 0.419. The fourth-order valence-corrected chi connectivity index (χ4v) is 4.39. The molecule has 0 aliphatic rings. The van der Waals surface area contributed by atoms with E-state index in [4.69, 9.17) is 4.74 Å². The molecule has 1 unspecified atom stereocenters. The SMILES string of the molecule is CNC(c1sccc1Br)c1ccc(OC)c2ccccc12. The number of benzene rings is 2. The van der Waals surface area contributed by atoms with Gasteiger partial charge in [0.2, 0.25) is 0 Å². The lowest BCUT2D eigenvalue weighted by Gasteiger charge is -2.19. The molecule has 2 nitrogen and oxygen atoms in total. The number of fused-ring (bicyclic) bond motifs is 1. The summed E-state index contributed by atoms with van der Waals surface area (Å²) in [5, 5.41) is 7.90. The van der Waals surface area contributed by atoms with E-state index >= 15 is 0 Å². The Kier molecular flexibility index (Phi) is 4.29. The van der Waals surface area contributed by atoms with E-state index in [1.54, 1.807) is 18.4 Å². The van der Waals surface area contributed by atoms with Gasteiger partial charge in [-0.15, -0.1) is 11.3 Å². The second-order valence-electron chi connectivity index (χ2n) is 4.76. The van der Waals surface area contributed by atoms with Crippen LogP contribution < -0.4 is 10.1 Å². The standard InChI is InChI=1S/C17H16BrNOS/c1-19-16(17-14(18)9-10-21-17)13-7-8-15(20-2)12-6-4-3-5-11(12)13/h3-10,16,19H,1-2H3. The molecule has 1 heterocycles. The van der Waals surface area contributed by atoms with Gasteiger partial charge in [0.1, 0.15) is 5.75 Å². The fourth-order valence-electron chi connectivity index (χ4n) is 2.66. The zero-order valence-corrected chi connectivity index (χ0v) is 14.3. The summed E-state index contributed by atoms with van der Waals surface area (Å²) in [4.78, 5) is 1.29. The monoisotopic (exact) mass is 361 g/mol. The number of nitrogens with one attached hydrogen (secondary N) is 1. The van der Waals surface area contributed by atoms with Crippen molar-refractivity contribution in [2.24, 2.45) is 0 Å². The molecule has 0 amide bonds. The molecule has 1 N–H and O–H groups in total. The van der Waals surface area contributed by atoms with Crippen molar-refractivity contribution in [3.8, 4) is 5.75 Å². The molecule has 1 aromatic heterocycles. The van der Waals surface area contributed by atoms with Crippen LogP contribution in [0.5, 0.6) is 5.75 Å². The highest BCUT2D eigenvalue weighted by atomic mass is 79.9. The molecule has 0 bridgehead atoms. The van der Waals surface area contributed by atoms with Gasteiger partial charge in [-0.2, -0.15) is 0 Å². The summed E-state index contributed by atoms with van der Waals surface area (Å²) < 4.78 is 6.63. The van der Waals surface area contributed by atoms with Gasteiger partial charge < -0.3 is 10.1 Å². The molecular formula is C17H16BrNOS. The number of rotatable bonds is 4. The second kappa shape index (κ2) is 6.18. The molecule has 0 fully saturated rings. The molecule has 0 aliphatic carbocycles. The number of halogens is 1. The van der Waals surface area contributed by atoms with Crippen molar-refractivity contribution in [3.05, 3.63) is 62.8 Å². The summed E-state index contributed by atoms with van der Waals surface area (Å²) in [6.07, 6.45) is 0. The molecule has 3 aromatic rings. The zero-order chi connectivity index (χ0) is 14.8. The highest BCUT2D eigenvalue weighted by molar-refractivity contribution is 9.10. The molecule has 0 spiro atoms. The minimum absolute atomic E-state index is 0.162. The van der Waals surface area contributed by atoms with Crippen molar-refractivity contribution >= 4 is 38.0 Å². The Morgan fingerprint density at radius 2 is 1.86 bits per heavy atom. The van der Waals surface area contributed by atoms with Gasteiger partial charge in [0.05, 0.1) is 13.2 Å². The van der Waals surface area contributed by atoms with Gasteiger partial charge in [0, 0.05) is 14.7 Å². The predicted octanol–water partition coefficient (Wildman–Crippen LogP) is 4.98. The largest absolute Gasteiger partial charge is 0.496 e.